The van der Waals surface area contributed by atoms with Gasteiger partial charge in [0.15, 0.2) is 0 Å². The number of hydrogen-bond acceptors (Lipinski definition) is 3. The SMILES string of the molecule is CCN(Cc1cccc(F)c1)C(=O)CN(CCO)Cc1cc(Br)ccc1F. The van der Waals surface area contributed by atoms with Crippen LogP contribution >= 0.6 is 15.9 Å². The molecule has 2 aromatic rings. The van der Waals surface area contributed by atoms with Crippen LogP contribution in [0.4, 0.5) is 8.78 Å². The van der Waals surface area contributed by atoms with E-state index < -0.39 is 0 Å². The number of carbonyl (C=O) groups excluding carboxylic acids is 1. The molecular weight excluding hydrogens is 418 g/mol. The Hall–Kier alpha value is -1.83. The molecule has 2 aromatic carbocycles. The number of likely N-dealkylation sites (N-methyl/N-ethyl adjacent to an activating group) is 1. The number of benzene rings is 2. The summed E-state index contributed by atoms with van der Waals surface area (Å²) in [5.74, 6) is -0.866. The third-order valence-corrected chi connectivity index (χ3v) is 4.67. The average molecular weight is 441 g/mol. The molecule has 0 aromatic heterocycles. The van der Waals surface area contributed by atoms with Crippen LogP contribution in [0, 0.1) is 11.6 Å². The predicted octanol–water partition coefficient (Wildman–Crippen LogP) is 3.57. The van der Waals surface area contributed by atoms with Crippen molar-refractivity contribution >= 4 is 21.8 Å². The highest BCUT2D eigenvalue weighted by molar-refractivity contribution is 9.10. The van der Waals surface area contributed by atoms with Crippen LogP contribution < -0.4 is 0 Å². The van der Waals surface area contributed by atoms with Gasteiger partial charge in [-0.2, -0.15) is 0 Å². The van der Waals surface area contributed by atoms with Crippen LogP contribution in [0.25, 0.3) is 0 Å². The van der Waals surface area contributed by atoms with Crippen molar-refractivity contribution < 1.29 is 18.7 Å². The lowest BCUT2D eigenvalue weighted by molar-refractivity contribution is -0.133. The minimum atomic E-state index is -0.360. The number of rotatable bonds is 9. The molecule has 7 heteroatoms. The van der Waals surface area contributed by atoms with Gasteiger partial charge in [0.1, 0.15) is 11.6 Å². The lowest BCUT2D eigenvalue weighted by atomic mass is 10.2. The van der Waals surface area contributed by atoms with Crippen molar-refractivity contribution in [3.05, 3.63) is 69.7 Å². The Kier molecular flexibility index (Phi) is 8.34. The summed E-state index contributed by atoms with van der Waals surface area (Å²) < 4.78 is 28.1. The molecule has 0 radical (unpaired) electrons. The van der Waals surface area contributed by atoms with Crippen molar-refractivity contribution in [2.24, 2.45) is 0 Å². The van der Waals surface area contributed by atoms with Crippen LogP contribution in [0.15, 0.2) is 46.9 Å². The van der Waals surface area contributed by atoms with Crippen molar-refractivity contribution in [3.8, 4) is 0 Å². The molecule has 1 amide bonds. The molecule has 2 rings (SSSR count). The van der Waals surface area contributed by atoms with Crippen molar-refractivity contribution in [2.45, 2.75) is 20.0 Å². The summed E-state index contributed by atoms with van der Waals surface area (Å²) in [7, 11) is 0. The van der Waals surface area contributed by atoms with Gasteiger partial charge in [0.05, 0.1) is 13.2 Å². The Bertz CT molecular complexity index is 773. The molecule has 0 unspecified atom stereocenters. The fourth-order valence-corrected chi connectivity index (χ4v) is 3.19. The molecule has 0 atom stereocenters. The Morgan fingerprint density at radius 2 is 1.93 bits per heavy atom. The van der Waals surface area contributed by atoms with Crippen molar-refractivity contribution in [1.29, 1.82) is 0 Å². The molecule has 146 valence electrons. The summed E-state index contributed by atoms with van der Waals surface area (Å²) >= 11 is 3.31. The summed E-state index contributed by atoms with van der Waals surface area (Å²) in [6.07, 6.45) is 0. The van der Waals surface area contributed by atoms with E-state index in [2.05, 4.69) is 15.9 Å². The summed E-state index contributed by atoms with van der Waals surface area (Å²) in [6.45, 7) is 2.96. The minimum absolute atomic E-state index is 0.0374. The Morgan fingerprint density at radius 3 is 2.59 bits per heavy atom. The van der Waals surface area contributed by atoms with Gasteiger partial charge in [-0.1, -0.05) is 28.1 Å². The maximum Gasteiger partial charge on any atom is 0.237 e. The highest BCUT2D eigenvalue weighted by Gasteiger charge is 2.18. The third kappa shape index (κ3) is 6.68. The van der Waals surface area contributed by atoms with E-state index in [0.717, 1.165) is 4.47 Å². The van der Waals surface area contributed by atoms with Crippen molar-refractivity contribution in [1.82, 2.24) is 9.80 Å². The molecule has 0 aliphatic rings. The van der Waals surface area contributed by atoms with E-state index in [-0.39, 0.29) is 43.8 Å². The van der Waals surface area contributed by atoms with E-state index >= 15 is 0 Å². The molecule has 0 saturated heterocycles. The van der Waals surface area contributed by atoms with Crippen molar-refractivity contribution in [3.63, 3.8) is 0 Å². The highest BCUT2D eigenvalue weighted by Crippen LogP contribution is 2.17. The number of halogens is 3. The van der Waals surface area contributed by atoms with E-state index in [1.54, 1.807) is 34.1 Å². The number of carbonyl (C=O) groups is 1. The molecule has 0 heterocycles. The molecular formula is C20H23BrF2N2O2. The van der Waals surface area contributed by atoms with Crippen LogP contribution in [0.2, 0.25) is 0 Å². The number of amides is 1. The van der Waals surface area contributed by atoms with Crippen LogP contribution in [-0.2, 0) is 17.9 Å². The van der Waals surface area contributed by atoms with Gasteiger partial charge in [0.2, 0.25) is 5.91 Å². The molecule has 4 nitrogen and oxygen atoms in total. The summed E-state index contributed by atoms with van der Waals surface area (Å²) in [6, 6.07) is 10.8. The van der Waals surface area contributed by atoms with E-state index in [4.69, 9.17) is 0 Å². The second kappa shape index (κ2) is 10.5. The molecule has 0 spiro atoms. The van der Waals surface area contributed by atoms with Crippen LogP contribution in [-0.4, -0.2) is 47.1 Å². The van der Waals surface area contributed by atoms with Crippen molar-refractivity contribution in [2.75, 3.05) is 26.2 Å². The molecule has 0 bridgehead atoms. The van der Waals surface area contributed by atoms with Gasteiger partial charge in [-0.25, -0.2) is 8.78 Å². The van der Waals surface area contributed by atoms with Gasteiger partial charge < -0.3 is 10.0 Å². The molecule has 0 aliphatic carbocycles. The lowest BCUT2D eigenvalue weighted by Gasteiger charge is -2.26. The van der Waals surface area contributed by atoms with Crippen LogP contribution in [0.1, 0.15) is 18.1 Å². The summed E-state index contributed by atoms with van der Waals surface area (Å²) in [5, 5.41) is 9.30. The maximum absolute atomic E-state index is 14.0. The largest absolute Gasteiger partial charge is 0.395 e. The summed E-state index contributed by atoms with van der Waals surface area (Å²) in [5.41, 5.74) is 1.15. The van der Waals surface area contributed by atoms with E-state index in [1.807, 2.05) is 6.92 Å². The first-order valence-corrected chi connectivity index (χ1v) is 9.51. The molecule has 27 heavy (non-hydrogen) atoms. The van der Waals surface area contributed by atoms with Gasteiger partial charge in [0, 0.05) is 36.2 Å². The molecule has 1 N–H and O–H groups in total. The fraction of sp³-hybridized carbons (Fsp3) is 0.350. The second-order valence-electron chi connectivity index (χ2n) is 6.21. The van der Waals surface area contributed by atoms with E-state index in [9.17, 15) is 18.7 Å². The zero-order valence-corrected chi connectivity index (χ0v) is 16.8. The second-order valence-corrected chi connectivity index (χ2v) is 7.12. The monoisotopic (exact) mass is 440 g/mol. The van der Waals surface area contributed by atoms with Gasteiger partial charge in [-0.3, -0.25) is 9.69 Å². The van der Waals surface area contributed by atoms with Crippen LogP contribution in [0.5, 0.6) is 0 Å². The van der Waals surface area contributed by atoms with Gasteiger partial charge >= 0.3 is 0 Å². The lowest BCUT2D eigenvalue weighted by Crippen LogP contribution is -2.40. The quantitative estimate of drug-likeness (QED) is 0.647. The first-order chi connectivity index (χ1) is 12.9. The van der Waals surface area contributed by atoms with E-state index in [0.29, 0.717) is 24.2 Å². The Labute approximate surface area is 166 Å². The standard InChI is InChI=1S/C20H23BrF2N2O2/c1-2-25(12-15-4-3-5-18(22)10-15)20(27)14-24(8-9-26)13-16-11-17(21)6-7-19(16)23/h3-7,10-11,26H,2,8-9,12-14H2,1H3. The number of aliphatic hydroxyl groups is 1. The third-order valence-electron chi connectivity index (χ3n) is 4.17. The first-order valence-electron chi connectivity index (χ1n) is 8.72. The predicted molar refractivity (Wildman–Crippen MR) is 104 cm³/mol. The fourth-order valence-electron chi connectivity index (χ4n) is 2.78. The zero-order valence-electron chi connectivity index (χ0n) is 15.2. The smallest absolute Gasteiger partial charge is 0.237 e. The zero-order chi connectivity index (χ0) is 19.8. The molecule has 0 saturated carbocycles. The Morgan fingerprint density at radius 1 is 1.15 bits per heavy atom. The number of nitrogens with zero attached hydrogens (tertiary/aromatic N) is 2. The average Bonchev–Trinajstić information content (AvgIpc) is 2.63. The normalized spacial score (nSPS) is 11.0. The number of aliphatic hydroxyl groups excluding tert-OH is 1. The number of hydrogen-bond donors (Lipinski definition) is 1. The van der Waals surface area contributed by atoms with Gasteiger partial charge in [0.25, 0.3) is 0 Å². The molecule has 0 fully saturated rings. The topological polar surface area (TPSA) is 43.8 Å². The summed E-state index contributed by atoms with van der Waals surface area (Å²) in [4.78, 5) is 16.0. The highest BCUT2D eigenvalue weighted by atomic mass is 79.9. The minimum Gasteiger partial charge on any atom is -0.395 e. The molecule has 0 aliphatic heterocycles. The first kappa shape index (κ1) is 21.5. The van der Waals surface area contributed by atoms with Gasteiger partial charge in [-0.05, 0) is 42.8 Å². The van der Waals surface area contributed by atoms with Gasteiger partial charge in [-0.15, -0.1) is 0 Å². The Balaban J connectivity index is 2.06. The van der Waals surface area contributed by atoms with Crippen LogP contribution in [0.3, 0.4) is 0 Å². The van der Waals surface area contributed by atoms with E-state index in [1.165, 1.54) is 18.2 Å². The maximum atomic E-state index is 14.0.